The molecule has 0 saturated heterocycles. The Hall–Kier alpha value is -1.89. The number of benzene rings is 1. The Morgan fingerprint density at radius 1 is 1.30 bits per heavy atom. The van der Waals surface area contributed by atoms with Crippen LogP contribution < -0.4 is 5.32 Å². The molecule has 1 N–H and O–H groups in total. The van der Waals surface area contributed by atoms with Crippen molar-refractivity contribution in [1.29, 1.82) is 0 Å². The van der Waals surface area contributed by atoms with Crippen LogP contribution in [0, 0.1) is 6.92 Å². The molecule has 0 unspecified atom stereocenters. The van der Waals surface area contributed by atoms with Gasteiger partial charge in [-0.3, -0.25) is 4.79 Å². The van der Waals surface area contributed by atoms with Crippen LogP contribution in [0.15, 0.2) is 30.5 Å². The molecule has 0 saturated carbocycles. The summed E-state index contributed by atoms with van der Waals surface area (Å²) in [5.74, 6) is -0.306. The third-order valence-corrected chi connectivity index (χ3v) is 3.34. The summed E-state index contributed by atoms with van der Waals surface area (Å²) in [6.45, 7) is 1.86. The topological polar surface area (TPSA) is 42.0 Å². The SMILES string of the molecule is Cc1cnc(NC(=O)Cc2ccc(C(F)(F)F)cc2)s1. The highest BCUT2D eigenvalue weighted by atomic mass is 32.1. The summed E-state index contributed by atoms with van der Waals surface area (Å²) in [7, 11) is 0. The number of alkyl halides is 3. The lowest BCUT2D eigenvalue weighted by Crippen LogP contribution is -2.14. The lowest BCUT2D eigenvalue weighted by Gasteiger charge is -2.07. The second-order valence-corrected chi connectivity index (χ2v) is 5.43. The maximum Gasteiger partial charge on any atom is 0.416 e. The van der Waals surface area contributed by atoms with E-state index in [-0.39, 0.29) is 12.3 Å². The minimum absolute atomic E-state index is 0.0107. The van der Waals surface area contributed by atoms with Crippen molar-refractivity contribution in [1.82, 2.24) is 4.98 Å². The van der Waals surface area contributed by atoms with Crippen molar-refractivity contribution in [2.75, 3.05) is 5.32 Å². The molecule has 3 nitrogen and oxygen atoms in total. The highest BCUT2D eigenvalue weighted by molar-refractivity contribution is 7.15. The minimum Gasteiger partial charge on any atom is -0.302 e. The predicted octanol–water partition coefficient (Wildman–Crippen LogP) is 3.65. The number of hydrogen-bond donors (Lipinski definition) is 1. The van der Waals surface area contributed by atoms with E-state index in [2.05, 4.69) is 10.3 Å². The smallest absolute Gasteiger partial charge is 0.302 e. The van der Waals surface area contributed by atoms with E-state index >= 15 is 0 Å². The van der Waals surface area contributed by atoms with Gasteiger partial charge in [0.25, 0.3) is 0 Å². The molecule has 2 aromatic rings. The number of nitrogens with one attached hydrogen (secondary N) is 1. The normalized spacial score (nSPS) is 11.4. The van der Waals surface area contributed by atoms with E-state index in [1.54, 1.807) is 6.20 Å². The number of carbonyl (C=O) groups excluding carboxylic acids is 1. The van der Waals surface area contributed by atoms with E-state index in [9.17, 15) is 18.0 Å². The van der Waals surface area contributed by atoms with Gasteiger partial charge in [-0.25, -0.2) is 4.98 Å². The van der Waals surface area contributed by atoms with E-state index in [4.69, 9.17) is 0 Å². The van der Waals surface area contributed by atoms with Crippen LogP contribution in [-0.2, 0) is 17.4 Å². The van der Waals surface area contributed by atoms with E-state index < -0.39 is 11.7 Å². The van der Waals surface area contributed by atoms with Crippen LogP contribution in [0.2, 0.25) is 0 Å². The number of anilines is 1. The summed E-state index contributed by atoms with van der Waals surface area (Å²) in [5, 5.41) is 3.09. The van der Waals surface area contributed by atoms with Gasteiger partial charge in [-0.1, -0.05) is 12.1 Å². The number of hydrogen-bond acceptors (Lipinski definition) is 3. The number of aryl methyl sites for hydroxylation is 1. The van der Waals surface area contributed by atoms with Gasteiger partial charge in [-0.2, -0.15) is 13.2 Å². The third-order valence-electron chi connectivity index (χ3n) is 2.51. The molecule has 0 aliphatic carbocycles. The third kappa shape index (κ3) is 3.80. The van der Waals surface area contributed by atoms with Gasteiger partial charge in [0, 0.05) is 11.1 Å². The summed E-state index contributed by atoms with van der Waals surface area (Å²) in [4.78, 5) is 16.7. The molecule has 0 aliphatic rings. The van der Waals surface area contributed by atoms with Crippen LogP contribution in [0.25, 0.3) is 0 Å². The van der Waals surface area contributed by atoms with Crippen molar-refractivity contribution in [2.45, 2.75) is 19.5 Å². The zero-order chi connectivity index (χ0) is 14.8. The van der Waals surface area contributed by atoms with E-state index in [1.165, 1.54) is 23.5 Å². The highest BCUT2D eigenvalue weighted by Crippen LogP contribution is 2.29. The van der Waals surface area contributed by atoms with E-state index in [0.29, 0.717) is 10.7 Å². The molecular weight excluding hydrogens is 289 g/mol. The maximum atomic E-state index is 12.4. The Balaban J connectivity index is 1.98. The fraction of sp³-hybridized carbons (Fsp3) is 0.231. The second-order valence-electron chi connectivity index (χ2n) is 4.20. The number of halogens is 3. The molecule has 7 heteroatoms. The van der Waals surface area contributed by atoms with Crippen LogP contribution in [0.5, 0.6) is 0 Å². The first-order chi connectivity index (χ1) is 9.34. The van der Waals surface area contributed by atoms with E-state index in [1.807, 2.05) is 6.92 Å². The lowest BCUT2D eigenvalue weighted by atomic mass is 10.1. The van der Waals surface area contributed by atoms with Gasteiger partial charge in [0.05, 0.1) is 12.0 Å². The molecule has 1 aromatic carbocycles. The van der Waals surface area contributed by atoms with Crippen molar-refractivity contribution in [2.24, 2.45) is 0 Å². The molecule has 0 fully saturated rings. The first-order valence-electron chi connectivity index (χ1n) is 5.73. The number of rotatable bonds is 3. The summed E-state index contributed by atoms with van der Waals surface area (Å²) < 4.78 is 37.2. The van der Waals surface area contributed by atoms with Crippen molar-refractivity contribution in [3.05, 3.63) is 46.5 Å². The van der Waals surface area contributed by atoms with Crippen LogP contribution in [0.1, 0.15) is 16.0 Å². The van der Waals surface area contributed by atoms with Gasteiger partial charge in [-0.15, -0.1) is 11.3 Å². The van der Waals surface area contributed by atoms with E-state index in [0.717, 1.165) is 17.0 Å². The lowest BCUT2D eigenvalue weighted by molar-refractivity contribution is -0.137. The van der Waals surface area contributed by atoms with Gasteiger partial charge in [0.2, 0.25) is 5.91 Å². The highest BCUT2D eigenvalue weighted by Gasteiger charge is 2.29. The van der Waals surface area contributed by atoms with Gasteiger partial charge >= 0.3 is 6.18 Å². The van der Waals surface area contributed by atoms with Crippen molar-refractivity contribution in [3.8, 4) is 0 Å². The van der Waals surface area contributed by atoms with Crippen LogP contribution in [-0.4, -0.2) is 10.9 Å². The van der Waals surface area contributed by atoms with Crippen LogP contribution in [0.3, 0.4) is 0 Å². The number of thiazole rings is 1. The van der Waals surface area contributed by atoms with Crippen molar-refractivity contribution in [3.63, 3.8) is 0 Å². The second kappa shape index (κ2) is 5.62. The molecule has 1 aromatic heterocycles. The van der Waals surface area contributed by atoms with Gasteiger partial charge in [0.1, 0.15) is 0 Å². The number of nitrogens with zero attached hydrogens (tertiary/aromatic N) is 1. The largest absolute Gasteiger partial charge is 0.416 e. The summed E-state index contributed by atoms with van der Waals surface area (Å²) in [6.07, 6.45) is -2.71. The molecule has 20 heavy (non-hydrogen) atoms. The Kier molecular flexibility index (Phi) is 4.08. The molecular formula is C13H11F3N2OS. The van der Waals surface area contributed by atoms with Crippen molar-refractivity contribution < 1.29 is 18.0 Å². The fourth-order valence-corrected chi connectivity index (χ4v) is 2.25. The Morgan fingerprint density at radius 3 is 2.45 bits per heavy atom. The van der Waals surface area contributed by atoms with Crippen LogP contribution >= 0.6 is 11.3 Å². The number of aromatic nitrogens is 1. The maximum absolute atomic E-state index is 12.4. The molecule has 0 bridgehead atoms. The first-order valence-corrected chi connectivity index (χ1v) is 6.54. The predicted molar refractivity (Wildman–Crippen MR) is 70.6 cm³/mol. The Morgan fingerprint density at radius 2 is 1.95 bits per heavy atom. The Labute approximate surface area is 117 Å². The molecule has 1 heterocycles. The zero-order valence-electron chi connectivity index (χ0n) is 10.5. The molecule has 106 valence electrons. The molecule has 0 atom stereocenters. The molecule has 1 amide bonds. The molecule has 0 spiro atoms. The van der Waals surface area contributed by atoms with Crippen LogP contribution in [0.4, 0.5) is 18.3 Å². The zero-order valence-corrected chi connectivity index (χ0v) is 11.3. The first kappa shape index (κ1) is 14.5. The number of amides is 1. The standard InChI is InChI=1S/C13H11F3N2OS/c1-8-7-17-12(20-8)18-11(19)6-9-2-4-10(5-3-9)13(14,15)16/h2-5,7H,6H2,1H3,(H,17,18,19). The molecule has 0 radical (unpaired) electrons. The van der Waals surface area contributed by atoms with Gasteiger partial charge in [0.15, 0.2) is 5.13 Å². The molecule has 0 aliphatic heterocycles. The fourth-order valence-electron chi connectivity index (χ4n) is 1.57. The summed E-state index contributed by atoms with van der Waals surface area (Å²) in [6, 6.07) is 4.54. The van der Waals surface area contributed by atoms with Crippen molar-refractivity contribution >= 4 is 22.4 Å². The quantitative estimate of drug-likeness (QED) is 0.940. The Bertz CT molecular complexity index is 605. The summed E-state index contributed by atoms with van der Waals surface area (Å²) in [5.41, 5.74) is -0.207. The molecule has 2 rings (SSSR count). The van der Waals surface area contributed by atoms with Gasteiger partial charge < -0.3 is 5.32 Å². The average molecular weight is 300 g/mol. The number of carbonyl (C=O) groups is 1. The summed E-state index contributed by atoms with van der Waals surface area (Å²) >= 11 is 1.34. The minimum atomic E-state index is -4.36. The monoisotopic (exact) mass is 300 g/mol. The van der Waals surface area contributed by atoms with Gasteiger partial charge in [-0.05, 0) is 24.6 Å². The average Bonchev–Trinajstić information content (AvgIpc) is 2.74.